The largest absolute Gasteiger partial charge is 0.480 e. The Hall–Kier alpha value is -1.79. The molecule has 2 heterocycles. The number of aromatic nitrogens is 2. The van der Waals surface area contributed by atoms with Crippen molar-refractivity contribution in [2.24, 2.45) is 0 Å². The zero-order valence-corrected chi connectivity index (χ0v) is 13.6. The Bertz CT molecular complexity index is 776. The van der Waals surface area contributed by atoms with Crippen LogP contribution in [-0.4, -0.2) is 17.1 Å². The number of nitrogens with one attached hydrogen (secondary N) is 1. The van der Waals surface area contributed by atoms with Crippen LogP contribution in [-0.2, 0) is 0 Å². The van der Waals surface area contributed by atoms with Gasteiger partial charge in [0.05, 0.1) is 17.5 Å². The van der Waals surface area contributed by atoms with Gasteiger partial charge in [-0.25, -0.2) is 4.98 Å². The summed E-state index contributed by atoms with van der Waals surface area (Å²) in [7, 11) is 1.60. The molecule has 0 saturated carbocycles. The Balaban J connectivity index is 1.89. The highest BCUT2D eigenvalue weighted by Gasteiger charge is 2.07. The maximum absolute atomic E-state index is 5.25. The second-order valence-corrected chi connectivity index (χ2v) is 6.01. The second kappa shape index (κ2) is 6.32. The van der Waals surface area contributed by atoms with Crippen LogP contribution >= 0.6 is 27.9 Å². The predicted molar refractivity (Wildman–Crippen MR) is 89.7 cm³/mol. The van der Waals surface area contributed by atoms with E-state index in [9.17, 15) is 0 Å². The first-order chi connectivity index (χ1) is 10.3. The third-order valence-electron chi connectivity index (χ3n) is 2.88. The van der Waals surface area contributed by atoms with Crippen LogP contribution in [0.2, 0.25) is 0 Å². The van der Waals surface area contributed by atoms with Crippen molar-refractivity contribution in [2.45, 2.75) is 4.90 Å². The lowest BCUT2D eigenvalue weighted by Gasteiger charge is -2.10. The molecule has 0 unspecified atom stereocenters. The first-order valence-corrected chi connectivity index (χ1v) is 7.85. The van der Waals surface area contributed by atoms with Crippen LogP contribution < -0.4 is 9.46 Å². The molecule has 106 valence electrons. The molecule has 0 atom stereocenters. The molecule has 1 N–H and O–H groups in total. The van der Waals surface area contributed by atoms with Crippen LogP contribution in [0.1, 0.15) is 0 Å². The number of methoxy groups -OCH3 is 1. The Morgan fingerprint density at radius 2 is 2.05 bits per heavy atom. The van der Waals surface area contributed by atoms with Gasteiger partial charge in [0.2, 0.25) is 5.88 Å². The average Bonchev–Trinajstić information content (AvgIpc) is 2.53. The summed E-state index contributed by atoms with van der Waals surface area (Å²) in [5.74, 6) is 0.555. The molecule has 0 aliphatic heterocycles. The lowest BCUT2D eigenvalue weighted by Crippen LogP contribution is -1.95. The summed E-state index contributed by atoms with van der Waals surface area (Å²) in [6, 6.07) is 12.0. The fraction of sp³-hybridized carbons (Fsp3) is 0.0667. The number of hydrogen-bond donors (Lipinski definition) is 1. The molecule has 0 bridgehead atoms. The van der Waals surface area contributed by atoms with Gasteiger partial charge < -0.3 is 9.46 Å². The molecule has 1 aromatic carbocycles. The molecular weight excluding hydrogens is 350 g/mol. The van der Waals surface area contributed by atoms with Crippen LogP contribution in [0, 0.1) is 0 Å². The van der Waals surface area contributed by atoms with E-state index in [1.807, 2.05) is 36.4 Å². The van der Waals surface area contributed by atoms with Crippen molar-refractivity contribution in [3.63, 3.8) is 0 Å². The molecular formula is C15H12BrN3OS. The number of nitrogens with zero attached hydrogens (tertiary/aromatic N) is 2. The van der Waals surface area contributed by atoms with Crippen molar-refractivity contribution < 1.29 is 4.74 Å². The Kier molecular flexibility index (Phi) is 4.26. The van der Waals surface area contributed by atoms with Gasteiger partial charge in [0.25, 0.3) is 0 Å². The molecule has 0 amide bonds. The lowest BCUT2D eigenvalue weighted by molar-refractivity contribution is 0.400. The highest BCUT2D eigenvalue weighted by atomic mass is 79.9. The van der Waals surface area contributed by atoms with E-state index in [1.165, 1.54) is 11.9 Å². The fourth-order valence-corrected chi connectivity index (χ4v) is 3.04. The fourth-order valence-electron chi connectivity index (χ4n) is 1.93. The number of pyridine rings is 2. The van der Waals surface area contributed by atoms with Crippen molar-refractivity contribution in [3.05, 3.63) is 53.3 Å². The van der Waals surface area contributed by atoms with Crippen LogP contribution in [0.4, 0.5) is 5.69 Å². The Morgan fingerprint density at radius 3 is 2.90 bits per heavy atom. The number of anilines is 1. The van der Waals surface area contributed by atoms with Gasteiger partial charge in [-0.05, 0) is 46.1 Å². The molecule has 0 spiro atoms. The summed E-state index contributed by atoms with van der Waals surface area (Å²) in [4.78, 5) is 9.70. The first-order valence-electron chi connectivity index (χ1n) is 6.24. The second-order valence-electron chi connectivity index (χ2n) is 4.25. The van der Waals surface area contributed by atoms with Crippen molar-refractivity contribution >= 4 is 44.5 Å². The molecule has 2 aromatic heterocycles. The van der Waals surface area contributed by atoms with Crippen molar-refractivity contribution in [3.8, 4) is 5.88 Å². The maximum Gasteiger partial charge on any atom is 0.238 e. The molecule has 3 rings (SSSR count). The van der Waals surface area contributed by atoms with E-state index in [2.05, 4.69) is 30.6 Å². The highest BCUT2D eigenvalue weighted by molar-refractivity contribution is 9.10. The normalized spacial score (nSPS) is 10.6. The van der Waals surface area contributed by atoms with Crippen LogP contribution in [0.3, 0.4) is 0 Å². The van der Waals surface area contributed by atoms with Gasteiger partial charge in [0, 0.05) is 22.3 Å². The minimum Gasteiger partial charge on any atom is -0.480 e. The molecule has 0 aliphatic rings. The zero-order valence-electron chi connectivity index (χ0n) is 11.2. The monoisotopic (exact) mass is 361 g/mol. The summed E-state index contributed by atoms with van der Waals surface area (Å²) in [6.07, 6.45) is 3.50. The van der Waals surface area contributed by atoms with E-state index in [4.69, 9.17) is 4.74 Å². The van der Waals surface area contributed by atoms with E-state index in [0.29, 0.717) is 5.88 Å². The quantitative estimate of drug-likeness (QED) is 0.692. The molecule has 4 nitrogen and oxygen atoms in total. The molecule has 6 heteroatoms. The van der Waals surface area contributed by atoms with Crippen molar-refractivity contribution in [1.29, 1.82) is 0 Å². The van der Waals surface area contributed by atoms with E-state index in [-0.39, 0.29) is 0 Å². The lowest BCUT2D eigenvalue weighted by atomic mass is 10.2. The summed E-state index contributed by atoms with van der Waals surface area (Å²) in [5.41, 5.74) is 1.78. The SMILES string of the molecule is COc1ncc(Br)cc1NSc1cccc2cccnc12. The summed E-state index contributed by atoms with van der Waals surface area (Å²) >= 11 is 4.90. The number of hydrogen-bond acceptors (Lipinski definition) is 5. The average molecular weight is 362 g/mol. The number of fused-ring (bicyclic) bond motifs is 1. The number of ether oxygens (including phenoxy) is 1. The molecule has 0 saturated heterocycles. The summed E-state index contributed by atoms with van der Waals surface area (Å²) in [6.45, 7) is 0. The highest BCUT2D eigenvalue weighted by Crippen LogP contribution is 2.32. The number of halogens is 1. The molecule has 3 aromatic rings. The minimum absolute atomic E-state index is 0.555. The molecule has 0 radical (unpaired) electrons. The molecule has 0 fully saturated rings. The van der Waals surface area contributed by atoms with E-state index in [0.717, 1.165) is 26.0 Å². The predicted octanol–water partition coefficient (Wildman–Crippen LogP) is 4.52. The van der Waals surface area contributed by atoms with Gasteiger partial charge in [-0.15, -0.1) is 0 Å². The maximum atomic E-state index is 5.25. The smallest absolute Gasteiger partial charge is 0.238 e. The van der Waals surface area contributed by atoms with Crippen LogP contribution in [0.25, 0.3) is 10.9 Å². The third kappa shape index (κ3) is 3.11. The first kappa shape index (κ1) is 14.2. The van der Waals surface area contributed by atoms with Gasteiger partial charge in [-0.2, -0.15) is 0 Å². The number of para-hydroxylation sites is 1. The van der Waals surface area contributed by atoms with Gasteiger partial charge in [0.15, 0.2) is 0 Å². The topological polar surface area (TPSA) is 47.0 Å². The van der Waals surface area contributed by atoms with Crippen molar-refractivity contribution in [1.82, 2.24) is 9.97 Å². The number of rotatable bonds is 4. The van der Waals surface area contributed by atoms with E-state index in [1.54, 1.807) is 19.5 Å². The van der Waals surface area contributed by atoms with Gasteiger partial charge in [-0.1, -0.05) is 18.2 Å². The van der Waals surface area contributed by atoms with Crippen molar-refractivity contribution in [2.75, 3.05) is 11.8 Å². The van der Waals surface area contributed by atoms with Crippen LogP contribution in [0.15, 0.2) is 58.2 Å². The zero-order chi connectivity index (χ0) is 14.7. The minimum atomic E-state index is 0.555. The Morgan fingerprint density at radius 1 is 1.19 bits per heavy atom. The van der Waals surface area contributed by atoms with Crippen LogP contribution in [0.5, 0.6) is 5.88 Å². The van der Waals surface area contributed by atoms with E-state index >= 15 is 0 Å². The molecule has 21 heavy (non-hydrogen) atoms. The Labute approximate surface area is 135 Å². The van der Waals surface area contributed by atoms with Gasteiger partial charge >= 0.3 is 0 Å². The summed E-state index contributed by atoms with van der Waals surface area (Å²) < 4.78 is 9.42. The van der Waals surface area contributed by atoms with Gasteiger partial charge in [-0.3, -0.25) is 4.98 Å². The third-order valence-corrected chi connectivity index (χ3v) is 4.18. The number of benzene rings is 1. The van der Waals surface area contributed by atoms with Gasteiger partial charge in [0.1, 0.15) is 5.69 Å². The molecule has 0 aliphatic carbocycles. The van der Waals surface area contributed by atoms with E-state index < -0.39 is 0 Å². The standard InChI is InChI=1S/C15H12BrN3OS/c1-20-15-12(8-11(16)9-18-15)19-21-13-6-2-4-10-5-3-7-17-14(10)13/h2-9,19H,1H3. The summed E-state index contributed by atoms with van der Waals surface area (Å²) in [5, 5.41) is 1.11.